The third kappa shape index (κ3) is 5.09. The molecule has 0 radical (unpaired) electrons. The molecular weight excluding hydrogens is 158 g/mol. The quantitative estimate of drug-likeness (QED) is 0.648. The number of carbonyl (C=O) groups is 1. The molecule has 0 aliphatic heterocycles. The molecule has 0 unspecified atom stereocenters. The summed E-state index contributed by atoms with van der Waals surface area (Å²) in [6.45, 7) is 4.36. The van der Waals surface area contributed by atoms with Crippen LogP contribution in [0.15, 0.2) is 0 Å². The summed E-state index contributed by atoms with van der Waals surface area (Å²) in [5, 5.41) is 2.77. The summed E-state index contributed by atoms with van der Waals surface area (Å²) in [6.07, 6.45) is 0. The second-order valence-corrected chi connectivity index (χ2v) is 3.30. The molecule has 0 aromatic rings. The predicted octanol–water partition coefficient (Wildman–Crippen LogP) is 0.174. The van der Waals surface area contributed by atoms with E-state index in [9.17, 15) is 4.79 Å². The number of ether oxygens (including phenoxy) is 2. The number of hydrogen-bond acceptors (Lipinski definition) is 3. The fourth-order valence-corrected chi connectivity index (χ4v) is 0.942. The largest absolute Gasteiger partial charge is 0.382 e. The van der Waals surface area contributed by atoms with Crippen LogP contribution in [0.2, 0.25) is 0 Å². The molecule has 0 saturated carbocycles. The van der Waals surface area contributed by atoms with E-state index in [1.807, 2.05) is 13.8 Å². The molecule has 0 aromatic heterocycles. The number of methoxy groups -OCH3 is 2. The average Bonchev–Trinajstić information content (AvgIpc) is 1.85. The smallest absolute Gasteiger partial charge is 0.246 e. The zero-order valence-corrected chi connectivity index (χ0v) is 8.14. The maximum absolute atomic E-state index is 11.0. The van der Waals surface area contributed by atoms with Crippen LogP contribution in [0.25, 0.3) is 0 Å². The van der Waals surface area contributed by atoms with E-state index in [1.165, 1.54) is 7.11 Å². The molecule has 0 rings (SSSR count). The third-order valence-corrected chi connectivity index (χ3v) is 1.26. The molecule has 0 aliphatic carbocycles. The Bertz CT molecular complexity index is 145. The third-order valence-electron chi connectivity index (χ3n) is 1.26. The molecule has 0 aromatic carbocycles. The molecular formula is C8H17NO3. The fraction of sp³-hybridized carbons (Fsp3) is 0.875. The highest BCUT2D eigenvalue weighted by Gasteiger charge is 2.19. The molecule has 72 valence electrons. The van der Waals surface area contributed by atoms with E-state index in [-0.39, 0.29) is 18.1 Å². The molecule has 4 heteroatoms. The van der Waals surface area contributed by atoms with E-state index in [0.717, 1.165) is 0 Å². The van der Waals surface area contributed by atoms with Crippen LogP contribution in [0.5, 0.6) is 0 Å². The number of carbonyl (C=O) groups excluding carboxylic acids is 1. The van der Waals surface area contributed by atoms with Crippen LogP contribution in [0.1, 0.15) is 13.8 Å². The van der Waals surface area contributed by atoms with Crippen molar-refractivity contribution in [3.63, 3.8) is 0 Å². The van der Waals surface area contributed by atoms with Gasteiger partial charge in [-0.3, -0.25) is 4.79 Å². The standard InChI is InChI=1S/C8H17NO3/c1-8(2,6-12-4)9-7(10)5-11-3/h5-6H2,1-4H3,(H,9,10). The summed E-state index contributed by atoms with van der Waals surface area (Å²) in [6, 6.07) is 0. The average molecular weight is 175 g/mol. The van der Waals surface area contributed by atoms with Crippen LogP contribution in [0.4, 0.5) is 0 Å². The van der Waals surface area contributed by atoms with Gasteiger partial charge in [0.1, 0.15) is 6.61 Å². The van der Waals surface area contributed by atoms with Crippen LogP contribution >= 0.6 is 0 Å². The van der Waals surface area contributed by atoms with Crippen LogP contribution in [-0.2, 0) is 14.3 Å². The van der Waals surface area contributed by atoms with Crippen molar-refractivity contribution in [1.29, 1.82) is 0 Å². The van der Waals surface area contributed by atoms with Crippen molar-refractivity contribution in [2.75, 3.05) is 27.4 Å². The maximum Gasteiger partial charge on any atom is 0.246 e. The van der Waals surface area contributed by atoms with Gasteiger partial charge >= 0.3 is 0 Å². The van der Waals surface area contributed by atoms with Crippen molar-refractivity contribution in [1.82, 2.24) is 5.32 Å². The first-order chi connectivity index (χ1) is 5.52. The lowest BCUT2D eigenvalue weighted by Crippen LogP contribution is -2.48. The Kier molecular flexibility index (Phi) is 4.85. The zero-order valence-electron chi connectivity index (χ0n) is 8.14. The zero-order chi connectivity index (χ0) is 9.61. The molecule has 12 heavy (non-hydrogen) atoms. The van der Waals surface area contributed by atoms with Crippen molar-refractivity contribution < 1.29 is 14.3 Å². The Hall–Kier alpha value is -0.610. The second-order valence-electron chi connectivity index (χ2n) is 3.30. The van der Waals surface area contributed by atoms with Gasteiger partial charge in [-0.05, 0) is 13.8 Å². The SMILES string of the molecule is COCC(=O)NC(C)(C)COC. The summed E-state index contributed by atoms with van der Waals surface area (Å²) in [7, 11) is 3.09. The van der Waals surface area contributed by atoms with Crippen molar-refractivity contribution in [3.8, 4) is 0 Å². The summed E-state index contributed by atoms with van der Waals surface area (Å²) in [5.74, 6) is -0.125. The highest BCUT2D eigenvalue weighted by atomic mass is 16.5. The van der Waals surface area contributed by atoms with Gasteiger partial charge in [-0.15, -0.1) is 0 Å². The summed E-state index contributed by atoms with van der Waals surface area (Å²) >= 11 is 0. The summed E-state index contributed by atoms with van der Waals surface area (Å²) < 4.78 is 9.60. The van der Waals surface area contributed by atoms with E-state index in [0.29, 0.717) is 6.61 Å². The first-order valence-electron chi connectivity index (χ1n) is 3.81. The minimum absolute atomic E-state index is 0.0904. The Morgan fingerprint density at radius 1 is 1.33 bits per heavy atom. The van der Waals surface area contributed by atoms with Gasteiger partial charge in [0.05, 0.1) is 12.1 Å². The van der Waals surface area contributed by atoms with Crippen molar-refractivity contribution in [2.45, 2.75) is 19.4 Å². The summed E-state index contributed by atoms with van der Waals surface area (Å²) in [4.78, 5) is 11.0. The molecule has 1 amide bonds. The lowest BCUT2D eigenvalue weighted by Gasteiger charge is -2.24. The van der Waals surface area contributed by atoms with Gasteiger partial charge in [-0.1, -0.05) is 0 Å². The van der Waals surface area contributed by atoms with Crippen molar-refractivity contribution >= 4 is 5.91 Å². The maximum atomic E-state index is 11.0. The summed E-state index contributed by atoms with van der Waals surface area (Å²) in [5.41, 5.74) is -0.329. The van der Waals surface area contributed by atoms with Crippen LogP contribution in [-0.4, -0.2) is 38.9 Å². The van der Waals surface area contributed by atoms with Gasteiger partial charge in [-0.2, -0.15) is 0 Å². The normalized spacial score (nSPS) is 11.3. The van der Waals surface area contributed by atoms with Crippen LogP contribution in [0.3, 0.4) is 0 Å². The molecule has 0 saturated heterocycles. The van der Waals surface area contributed by atoms with Crippen molar-refractivity contribution in [2.24, 2.45) is 0 Å². The van der Waals surface area contributed by atoms with E-state index in [4.69, 9.17) is 4.74 Å². The van der Waals surface area contributed by atoms with Gasteiger partial charge in [0, 0.05) is 14.2 Å². The fourth-order valence-electron chi connectivity index (χ4n) is 0.942. The topological polar surface area (TPSA) is 47.6 Å². The predicted molar refractivity (Wildman–Crippen MR) is 46.0 cm³/mol. The molecule has 0 spiro atoms. The minimum Gasteiger partial charge on any atom is -0.382 e. The highest BCUT2D eigenvalue weighted by molar-refractivity contribution is 5.77. The van der Waals surface area contributed by atoms with E-state index < -0.39 is 0 Å². The van der Waals surface area contributed by atoms with E-state index in [2.05, 4.69) is 10.1 Å². The first kappa shape index (κ1) is 11.4. The monoisotopic (exact) mass is 175 g/mol. The number of nitrogens with one attached hydrogen (secondary N) is 1. The Morgan fingerprint density at radius 3 is 2.33 bits per heavy atom. The van der Waals surface area contributed by atoms with Gasteiger partial charge in [0.15, 0.2) is 0 Å². The van der Waals surface area contributed by atoms with Gasteiger partial charge in [-0.25, -0.2) is 0 Å². The molecule has 1 N–H and O–H groups in total. The Morgan fingerprint density at radius 2 is 1.92 bits per heavy atom. The molecule has 0 fully saturated rings. The molecule has 0 aliphatic rings. The van der Waals surface area contributed by atoms with Gasteiger partial charge < -0.3 is 14.8 Å². The molecule has 4 nitrogen and oxygen atoms in total. The van der Waals surface area contributed by atoms with E-state index in [1.54, 1.807) is 7.11 Å². The highest BCUT2D eigenvalue weighted by Crippen LogP contribution is 2.01. The molecule has 0 bridgehead atoms. The molecule has 0 atom stereocenters. The lowest BCUT2D eigenvalue weighted by molar-refractivity contribution is -0.126. The number of amides is 1. The number of hydrogen-bond donors (Lipinski definition) is 1. The first-order valence-corrected chi connectivity index (χ1v) is 3.81. The van der Waals surface area contributed by atoms with Crippen molar-refractivity contribution in [3.05, 3.63) is 0 Å². The Balaban J connectivity index is 3.79. The second kappa shape index (κ2) is 5.11. The minimum atomic E-state index is -0.329. The van der Waals surface area contributed by atoms with Crippen LogP contribution in [0, 0.1) is 0 Å². The van der Waals surface area contributed by atoms with Crippen LogP contribution < -0.4 is 5.32 Å². The lowest BCUT2D eigenvalue weighted by atomic mass is 10.1. The number of rotatable bonds is 5. The van der Waals surface area contributed by atoms with Gasteiger partial charge in [0.25, 0.3) is 0 Å². The van der Waals surface area contributed by atoms with E-state index >= 15 is 0 Å². The molecule has 0 heterocycles. The Labute approximate surface area is 73.2 Å². The van der Waals surface area contributed by atoms with Gasteiger partial charge in [0.2, 0.25) is 5.91 Å².